The van der Waals surface area contributed by atoms with E-state index in [-0.39, 0.29) is 30.9 Å². The third-order valence-electron chi connectivity index (χ3n) is 4.02. The number of esters is 1. The van der Waals surface area contributed by atoms with E-state index in [2.05, 4.69) is 0 Å². The quantitative estimate of drug-likeness (QED) is 0.595. The highest BCUT2D eigenvalue weighted by molar-refractivity contribution is 6.04. The Kier molecular flexibility index (Phi) is 6.12. The van der Waals surface area contributed by atoms with Crippen molar-refractivity contribution in [3.05, 3.63) is 22.5 Å². The van der Waals surface area contributed by atoms with Crippen molar-refractivity contribution in [3.8, 4) is 0 Å². The first kappa shape index (κ1) is 18.9. The fraction of sp³-hybridized carbons (Fsp3) is 0.588. The van der Waals surface area contributed by atoms with Gasteiger partial charge in [0.1, 0.15) is 5.69 Å². The van der Waals surface area contributed by atoms with Crippen LogP contribution in [0.25, 0.3) is 0 Å². The van der Waals surface area contributed by atoms with Gasteiger partial charge in [0.2, 0.25) is 5.91 Å². The van der Waals surface area contributed by atoms with Crippen molar-refractivity contribution in [1.29, 1.82) is 0 Å². The second-order valence-electron chi connectivity index (χ2n) is 5.88. The number of amides is 1. The van der Waals surface area contributed by atoms with E-state index in [1.54, 1.807) is 32.4 Å². The topological polar surface area (TPSA) is 68.6 Å². The van der Waals surface area contributed by atoms with E-state index >= 15 is 0 Å². The molecule has 1 heterocycles. The second kappa shape index (κ2) is 7.44. The molecule has 0 aliphatic rings. The van der Waals surface area contributed by atoms with Crippen molar-refractivity contribution in [2.45, 2.75) is 47.6 Å². The summed E-state index contributed by atoms with van der Waals surface area (Å²) in [6, 6.07) is -0.0645. The molecule has 0 saturated heterocycles. The molecule has 0 radical (unpaired) electrons. The van der Waals surface area contributed by atoms with Gasteiger partial charge in [0.25, 0.3) is 0 Å². The number of nitrogens with zero attached hydrogens (tertiary/aromatic N) is 2. The van der Waals surface area contributed by atoms with Gasteiger partial charge in [-0.15, -0.1) is 0 Å². The summed E-state index contributed by atoms with van der Waals surface area (Å²) in [4.78, 5) is 38.0. The zero-order valence-electron chi connectivity index (χ0n) is 15.0. The molecule has 0 bridgehead atoms. The van der Waals surface area contributed by atoms with Crippen molar-refractivity contribution < 1.29 is 19.1 Å². The minimum absolute atomic E-state index is 0.000951. The van der Waals surface area contributed by atoms with Gasteiger partial charge in [0.15, 0.2) is 5.78 Å². The number of hydrogen-bond acceptors (Lipinski definition) is 4. The number of rotatable bonds is 6. The molecule has 1 amide bonds. The summed E-state index contributed by atoms with van der Waals surface area (Å²) in [5, 5.41) is 0. The van der Waals surface area contributed by atoms with Gasteiger partial charge in [-0.1, -0.05) is 0 Å². The fourth-order valence-electron chi connectivity index (χ4n) is 2.77. The van der Waals surface area contributed by atoms with Crippen LogP contribution in [0.1, 0.15) is 59.8 Å². The van der Waals surface area contributed by atoms with E-state index in [9.17, 15) is 14.4 Å². The van der Waals surface area contributed by atoms with Gasteiger partial charge < -0.3 is 14.2 Å². The minimum atomic E-state index is -0.443. The minimum Gasteiger partial charge on any atom is -0.461 e. The van der Waals surface area contributed by atoms with Crippen molar-refractivity contribution >= 4 is 17.7 Å². The molecule has 6 heteroatoms. The molecule has 0 spiro atoms. The maximum Gasteiger partial charge on any atom is 0.355 e. The predicted octanol–water partition coefficient (Wildman–Crippen LogP) is 2.26. The van der Waals surface area contributed by atoms with E-state index in [1.165, 1.54) is 11.8 Å². The van der Waals surface area contributed by atoms with Gasteiger partial charge in [0.05, 0.1) is 13.2 Å². The summed E-state index contributed by atoms with van der Waals surface area (Å²) in [6.07, 6.45) is 0. The summed E-state index contributed by atoms with van der Waals surface area (Å²) in [5.41, 5.74) is 2.16. The highest BCUT2D eigenvalue weighted by Crippen LogP contribution is 2.23. The Morgan fingerprint density at radius 1 is 1.22 bits per heavy atom. The first-order valence-electron chi connectivity index (χ1n) is 7.76. The third-order valence-corrected chi connectivity index (χ3v) is 4.02. The van der Waals surface area contributed by atoms with Crippen molar-refractivity contribution in [1.82, 2.24) is 9.47 Å². The van der Waals surface area contributed by atoms with E-state index in [4.69, 9.17) is 4.74 Å². The Balaban J connectivity index is 3.23. The smallest absolute Gasteiger partial charge is 0.355 e. The average Bonchev–Trinajstić information content (AvgIpc) is 2.66. The standard InChI is InChI=1S/C17H26N2O4/c1-8-23-17(22)16-11(4)15(12(5)18(16)7)14(21)9-19(10(2)3)13(6)20/h10H,8-9H2,1-7H3. The van der Waals surface area contributed by atoms with Crippen LogP contribution in [0.4, 0.5) is 0 Å². The second-order valence-corrected chi connectivity index (χ2v) is 5.88. The van der Waals surface area contributed by atoms with Crippen LogP contribution >= 0.6 is 0 Å². The highest BCUT2D eigenvalue weighted by atomic mass is 16.5. The van der Waals surface area contributed by atoms with Gasteiger partial charge in [-0.25, -0.2) is 4.79 Å². The Bertz CT molecular complexity index is 629. The van der Waals surface area contributed by atoms with Gasteiger partial charge >= 0.3 is 5.97 Å². The number of aromatic nitrogens is 1. The monoisotopic (exact) mass is 322 g/mol. The summed E-state index contributed by atoms with van der Waals surface area (Å²) in [5.74, 6) is -0.762. The van der Waals surface area contributed by atoms with Crippen molar-refractivity contribution in [3.63, 3.8) is 0 Å². The molecule has 23 heavy (non-hydrogen) atoms. The third kappa shape index (κ3) is 3.81. The van der Waals surface area contributed by atoms with Crippen molar-refractivity contribution in [2.24, 2.45) is 7.05 Å². The summed E-state index contributed by atoms with van der Waals surface area (Å²) in [6.45, 7) is 10.7. The molecule has 0 N–H and O–H groups in total. The molecule has 0 fully saturated rings. The van der Waals surface area contributed by atoms with Gasteiger partial charge in [-0.3, -0.25) is 9.59 Å². The number of Topliss-reactive ketones (excluding diaryl/α,β-unsaturated/α-hetero) is 1. The normalized spacial score (nSPS) is 10.8. The first-order chi connectivity index (χ1) is 10.6. The van der Waals surface area contributed by atoms with Crippen LogP contribution in [0.3, 0.4) is 0 Å². The van der Waals surface area contributed by atoms with Crippen LogP contribution in [0.15, 0.2) is 0 Å². The molecule has 0 aromatic carbocycles. The van der Waals surface area contributed by atoms with Gasteiger partial charge in [0, 0.05) is 31.3 Å². The molecular formula is C17H26N2O4. The van der Waals surface area contributed by atoms with Crippen LogP contribution in [0.2, 0.25) is 0 Å². The van der Waals surface area contributed by atoms with Crippen LogP contribution in [-0.4, -0.2) is 46.3 Å². The van der Waals surface area contributed by atoms with Crippen molar-refractivity contribution in [2.75, 3.05) is 13.2 Å². The van der Waals surface area contributed by atoms with E-state index in [1.807, 2.05) is 13.8 Å². The molecule has 1 aromatic heterocycles. The fourth-order valence-corrected chi connectivity index (χ4v) is 2.77. The van der Waals surface area contributed by atoms with E-state index < -0.39 is 5.97 Å². The maximum atomic E-state index is 12.7. The SMILES string of the molecule is CCOC(=O)c1c(C)c(C(=O)CN(C(C)=O)C(C)C)c(C)n1C. The number of hydrogen-bond donors (Lipinski definition) is 0. The maximum absolute atomic E-state index is 12.7. The molecule has 128 valence electrons. The van der Waals surface area contributed by atoms with Crippen LogP contribution in [-0.2, 0) is 16.6 Å². The summed E-state index contributed by atoms with van der Waals surface area (Å²) < 4.78 is 6.73. The predicted molar refractivity (Wildman–Crippen MR) is 87.7 cm³/mol. The Labute approximate surface area is 137 Å². The van der Waals surface area contributed by atoms with Gasteiger partial charge in [-0.2, -0.15) is 0 Å². The molecule has 6 nitrogen and oxygen atoms in total. The summed E-state index contributed by atoms with van der Waals surface area (Å²) >= 11 is 0. The molecule has 0 aliphatic heterocycles. The lowest BCUT2D eigenvalue weighted by Crippen LogP contribution is -2.39. The molecule has 0 atom stereocenters. The van der Waals surface area contributed by atoms with Gasteiger partial charge in [-0.05, 0) is 40.2 Å². The zero-order chi connectivity index (χ0) is 17.9. The Morgan fingerprint density at radius 2 is 1.78 bits per heavy atom. The van der Waals surface area contributed by atoms with E-state index in [0.717, 1.165) is 0 Å². The lowest BCUT2D eigenvalue weighted by Gasteiger charge is -2.24. The Morgan fingerprint density at radius 3 is 2.22 bits per heavy atom. The highest BCUT2D eigenvalue weighted by Gasteiger charge is 2.27. The lowest BCUT2D eigenvalue weighted by atomic mass is 10.0. The molecule has 0 unspecified atom stereocenters. The molecular weight excluding hydrogens is 296 g/mol. The molecule has 0 saturated carbocycles. The van der Waals surface area contributed by atoms with Crippen LogP contribution in [0, 0.1) is 13.8 Å². The van der Waals surface area contributed by atoms with Crippen LogP contribution in [0.5, 0.6) is 0 Å². The molecule has 1 rings (SSSR count). The first-order valence-corrected chi connectivity index (χ1v) is 7.76. The van der Waals surface area contributed by atoms with E-state index in [0.29, 0.717) is 22.5 Å². The average molecular weight is 322 g/mol. The number of carbonyl (C=O) groups excluding carboxylic acids is 3. The number of carbonyl (C=O) groups is 3. The largest absolute Gasteiger partial charge is 0.461 e. The summed E-state index contributed by atoms with van der Waals surface area (Å²) in [7, 11) is 1.73. The lowest BCUT2D eigenvalue weighted by molar-refractivity contribution is -0.129. The zero-order valence-corrected chi connectivity index (χ0v) is 15.0. The number of ketones is 1. The number of ether oxygens (including phenoxy) is 1. The molecule has 1 aromatic rings. The molecule has 0 aliphatic carbocycles. The Hall–Kier alpha value is -2.11. The van der Waals surface area contributed by atoms with Crippen LogP contribution < -0.4 is 0 Å².